The summed E-state index contributed by atoms with van der Waals surface area (Å²) in [6.45, 7) is 3.39. The van der Waals surface area contributed by atoms with Gasteiger partial charge >= 0.3 is 5.97 Å². The Labute approximate surface area is 152 Å². The largest absolute Gasteiger partial charge is 0.481 e. The van der Waals surface area contributed by atoms with E-state index in [-0.39, 0.29) is 18.4 Å². The Morgan fingerprint density at radius 3 is 2.12 bits per heavy atom. The van der Waals surface area contributed by atoms with E-state index in [2.05, 4.69) is 10.6 Å². The summed E-state index contributed by atoms with van der Waals surface area (Å²) < 4.78 is 0. The Morgan fingerprint density at radius 1 is 0.962 bits per heavy atom. The maximum atomic E-state index is 12.3. The molecule has 6 nitrogen and oxygen atoms in total. The van der Waals surface area contributed by atoms with Gasteiger partial charge in [-0.05, 0) is 30.2 Å². The van der Waals surface area contributed by atoms with Crippen molar-refractivity contribution in [2.45, 2.75) is 25.8 Å². The lowest BCUT2D eigenvalue weighted by Gasteiger charge is -2.25. The number of rotatable bonds is 7. The van der Waals surface area contributed by atoms with Crippen LogP contribution in [0.1, 0.15) is 35.3 Å². The van der Waals surface area contributed by atoms with Gasteiger partial charge in [0, 0.05) is 25.6 Å². The van der Waals surface area contributed by atoms with Gasteiger partial charge in [0.15, 0.2) is 0 Å². The van der Waals surface area contributed by atoms with E-state index >= 15 is 0 Å². The molecule has 2 aromatic rings. The third-order valence-electron chi connectivity index (χ3n) is 4.24. The monoisotopic (exact) mass is 354 g/mol. The molecule has 3 N–H and O–H groups in total. The molecular weight excluding hydrogens is 332 g/mol. The van der Waals surface area contributed by atoms with E-state index in [1.807, 2.05) is 6.07 Å². The minimum atomic E-state index is -1.22. The number of carbonyl (C=O) groups excluding carboxylic acids is 2. The Kier molecular flexibility index (Phi) is 6.11. The first-order valence-electron chi connectivity index (χ1n) is 8.23. The highest BCUT2D eigenvalue weighted by Crippen LogP contribution is 2.23. The third kappa shape index (κ3) is 4.69. The van der Waals surface area contributed by atoms with Crippen LogP contribution in [-0.2, 0) is 21.5 Å². The molecule has 2 aromatic carbocycles. The quantitative estimate of drug-likeness (QED) is 0.709. The van der Waals surface area contributed by atoms with E-state index in [4.69, 9.17) is 0 Å². The normalized spacial score (nSPS) is 12.7. The number of hydrogen-bond donors (Lipinski definition) is 3. The maximum absolute atomic E-state index is 12.3. The molecule has 2 rings (SSSR count). The lowest BCUT2D eigenvalue weighted by molar-refractivity contribution is -0.143. The van der Waals surface area contributed by atoms with Gasteiger partial charge in [0.25, 0.3) is 5.91 Å². The van der Waals surface area contributed by atoms with Crippen LogP contribution in [0.3, 0.4) is 0 Å². The molecule has 1 atom stereocenters. The van der Waals surface area contributed by atoms with Gasteiger partial charge in [0.2, 0.25) is 5.91 Å². The lowest BCUT2D eigenvalue weighted by atomic mass is 9.82. The Bertz CT molecular complexity index is 787. The highest BCUT2D eigenvalue weighted by Gasteiger charge is 2.35. The molecule has 0 aliphatic rings. The van der Waals surface area contributed by atoms with Gasteiger partial charge in [-0.15, -0.1) is 0 Å². The summed E-state index contributed by atoms with van der Waals surface area (Å²) in [4.78, 5) is 35.0. The van der Waals surface area contributed by atoms with Crippen LogP contribution >= 0.6 is 0 Å². The van der Waals surface area contributed by atoms with Crippen molar-refractivity contribution in [2.75, 3.05) is 6.54 Å². The van der Waals surface area contributed by atoms with Crippen molar-refractivity contribution < 1.29 is 19.5 Å². The zero-order valence-electron chi connectivity index (χ0n) is 14.8. The Morgan fingerprint density at radius 2 is 1.58 bits per heavy atom. The first-order chi connectivity index (χ1) is 12.3. The summed E-state index contributed by atoms with van der Waals surface area (Å²) in [6.07, 6.45) is 0. The predicted octanol–water partition coefficient (Wildman–Crippen LogP) is 2.09. The van der Waals surface area contributed by atoms with Crippen molar-refractivity contribution >= 4 is 17.8 Å². The second-order valence-corrected chi connectivity index (χ2v) is 6.29. The molecule has 1 unspecified atom stereocenters. The van der Waals surface area contributed by atoms with Crippen LogP contribution in [-0.4, -0.2) is 29.4 Å². The molecule has 2 amide bonds. The number of nitrogens with one attached hydrogen (secondary N) is 2. The van der Waals surface area contributed by atoms with Crippen molar-refractivity contribution in [1.82, 2.24) is 10.6 Å². The minimum absolute atomic E-state index is 0.0289. The molecule has 0 saturated carbocycles. The van der Waals surface area contributed by atoms with E-state index < -0.39 is 11.4 Å². The average Bonchev–Trinajstić information content (AvgIpc) is 2.65. The van der Waals surface area contributed by atoms with E-state index in [0.29, 0.717) is 17.7 Å². The summed E-state index contributed by atoms with van der Waals surface area (Å²) in [5.74, 6) is -1.48. The van der Waals surface area contributed by atoms with Crippen molar-refractivity contribution in [3.63, 3.8) is 0 Å². The zero-order chi connectivity index (χ0) is 19.2. The van der Waals surface area contributed by atoms with Gasteiger partial charge in [-0.2, -0.15) is 0 Å². The number of carbonyl (C=O) groups is 3. The number of aliphatic carboxylic acids is 1. The average molecular weight is 354 g/mol. The second-order valence-electron chi connectivity index (χ2n) is 6.29. The lowest BCUT2D eigenvalue weighted by Crippen LogP contribution is -2.44. The minimum Gasteiger partial charge on any atom is -0.481 e. The Hall–Kier alpha value is -3.15. The summed E-state index contributed by atoms with van der Waals surface area (Å²) in [5, 5.41) is 15.0. The molecule has 0 saturated heterocycles. The molecule has 0 aromatic heterocycles. The molecule has 0 aliphatic heterocycles. The van der Waals surface area contributed by atoms with Crippen LogP contribution < -0.4 is 10.6 Å². The summed E-state index contributed by atoms with van der Waals surface area (Å²) in [6, 6.07) is 15.6. The van der Waals surface area contributed by atoms with Gasteiger partial charge in [0.1, 0.15) is 5.41 Å². The highest BCUT2D eigenvalue weighted by atomic mass is 16.4. The van der Waals surface area contributed by atoms with E-state index in [1.165, 1.54) is 6.92 Å². The molecule has 26 heavy (non-hydrogen) atoms. The molecule has 0 radical (unpaired) electrons. The van der Waals surface area contributed by atoms with Crippen LogP contribution in [0.2, 0.25) is 0 Å². The van der Waals surface area contributed by atoms with Gasteiger partial charge < -0.3 is 15.7 Å². The molecule has 0 heterocycles. The van der Waals surface area contributed by atoms with Crippen molar-refractivity contribution in [2.24, 2.45) is 0 Å². The first-order valence-corrected chi connectivity index (χ1v) is 8.23. The molecule has 0 fully saturated rings. The van der Waals surface area contributed by atoms with E-state index in [9.17, 15) is 19.5 Å². The Balaban J connectivity index is 2.04. The second kappa shape index (κ2) is 8.29. The van der Waals surface area contributed by atoms with Crippen molar-refractivity contribution in [3.8, 4) is 0 Å². The number of carboxylic acids is 1. The van der Waals surface area contributed by atoms with Crippen molar-refractivity contribution in [1.29, 1.82) is 0 Å². The SMILES string of the molecule is CC(=O)NCc1ccc(C(=O)NCC(C)(C(=O)O)c2ccccc2)cc1. The zero-order valence-corrected chi connectivity index (χ0v) is 14.8. The molecule has 6 heteroatoms. The number of hydrogen-bond acceptors (Lipinski definition) is 3. The topological polar surface area (TPSA) is 95.5 Å². The summed E-state index contributed by atoms with van der Waals surface area (Å²) in [5.41, 5.74) is 0.703. The van der Waals surface area contributed by atoms with Crippen LogP contribution in [0.4, 0.5) is 0 Å². The predicted molar refractivity (Wildman–Crippen MR) is 97.7 cm³/mol. The third-order valence-corrected chi connectivity index (χ3v) is 4.24. The standard InChI is InChI=1S/C20H22N2O4/c1-14(23)21-12-15-8-10-16(11-9-15)18(24)22-13-20(2,19(25)26)17-6-4-3-5-7-17/h3-11H,12-13H2,1-2H3,(H,21,23)(H,22,24)(H,25,26). The van der Waals surface area contributed by atoms with E-state index in [0.717, 1.165) is 5.56 Å². The molecular formula is C20H22N2O4. The summed E-state index contributed by atoms with van der Waals surface area (Å²) >= 11 is 0. The van der Waals surface area contributed by atoms with Crippen molar-refractivity contribution in [3.05, 3.63) is 71.3 Å². The van der Waals surface area contributed by atoms with Gasteiger partial charge in [0.05, 0.1) is 0 Å². The highest BCUT2D eigenvalue weighted by molar-refractivity contribution is 5.95. The fourth-order valence-electron chi connectivity index (χ4n) is 2.47. The van der Waals surface area contributed by atoms with Crippen LogP contribution in [0.15, 0.2) is 54.6 Å². The van der Waals surface area contributed by atoms with Gasteiger partial charge in [-0.1, -0.05) is 42.5 Å². The summed E-state index contributed by atoms with van der Waals surface area (Å²) in [7, 11) is 0. The number of carboxylic acid groups (broad SMARTS) is 1. The van der Waals surface area contributed by atoms with Crippen LogP contribution in [0.25, 0.3) is 0 Å². The fraction of sp³-hybridized carbons (Fsp3) is 0.250. The molecule has 0 aliphatic carbocycles. The van der Waals surface area contributed by atoms with Gasteiger partial charge in [-0.3, -0.25) is 14.4 Å². The smallest absolute Gasteiger partial charge is 0.315 e. The maximum Gasteiger partial charge on any atom is 0.315 e. The number of amides is 2. The number of benzene rings is 2. The molecule has 136 valence electrons. The first kappa shape index (κ1) is 19.2. The van der Waals surface area contributed by atoms with Crippen LogP contribution in [0, 0.1) is 0 Å². The van der Waals surface area contributed by atoms with E-state index in [1.54, 1.807) is 55.5 Å². The molecule has 0 bridgehead atoms. The van der Waals surface area contributed by atoms with Crippen LogP contribution in [0.5, 0.6) is 0 Å². The molecule has 0 spiro atoms. The fourth-order valence-corrected chi connectivity index (χ4v) is 2.47. The van der Waals surface area contributed by atoms with Gasteiger partial charge in [-0.25, -0.2) is 0 Å².